The first-order chi connectivity index (χ1) is 12.6. The minimum Gasteiger partial charge on any atom is -0.491 e. The number of fused-ring (bicyclic) bond motifs is 1. The predicted molar refractivity (Wildman–Crippen MR) is 101 cm³/mol. The Morgan fingerprint density at radius 2 is 1.92 bits per heavy atom. The first-order valence-corrected chi connectivity index (χ1v) is 9.96. The maximum atomic E-state index is 12.9. The maximum Gasteiger partial charge on any atom is 0.255 e. The highest BCUT2D eigenvalue weighted by Gasteiger charge is 2.28. The molecule has 1 fully saturated rings. The molecule has 0 spiro atoms. The van der Waals surface area contributed by atoms with E-state index in [1.54, 1.807) is 0 Å². The molecule has 2 amide bonds. The van der Waals surface area contributed by atoms with Crippen molar-refractivity contribution in [3.8, 4) is 5.75 Å². The fraction of sp³-hybridized carbons (Fsp3) is 0.400. The Bertz CT molecular complexity index is 812. The van der Waals surface area contributed by atoms with Gasteiger partial charge in [-0.1, -0.05) is 0 Å². The third-order valence-electron chi connectivity index (χ3n) is 5.08. The fourth-order valence-electron chi connectivity index (χ4n) is 3.54. The third kappa shape index (κ3) is 3.21. The summed E-state index contributed by atoms with van der Waals surface area (Å²) in [6.07, 6.45) is 2.14. The average Bonchev–Trinajstić information content (AvgIpc) is 3.34. The molecule has 0 radical (unpaired) electrons. The number of ether oxygens (including phenoxy) is 1. The summed E-state index contributed by atoms with van der Waals surface area (Å²) in [7, 11) is 0. The van der Waals surface area contributed by atoms with Crippen LogP contribution in [-0.4, -0.2) is 47.4 Å². The monoisotopic (exact) mass is 370 g/mol. The molecule has 5 nitrogen and oxygen atoms in total. The molecule has 6 heteroatoms. The molecule has 2 aromatic rings. The van der Waals surface area contributed by atoms with E-state index in [1.807, 2.05) is 51.7 Å². The molecule has 136 valence electrons. The van der Waals surface area contributed by atoms with E-state index in [0.717, 1.165) is 37.2 Å². The van der Waals surface area contributed by atoms with E-state index in [-0.39, 0.29) is 17.9 Å². The highest BCUT2D eigenvalue weighted by Crippen LogP contribution is 2.28. The van der Waals surface area contributed by atoms with Gasteiger partial charge in [-0.25, -0.2) is 0 Å². The summed E-state index contributed by atoms with van der Waals surface area (Å²) in [5.41, 5.74) is 2.27. The number of benzene rings is 1. The highest BCUT2D eigenvalue weighted by atomic mass is 32.1. The zero-order valence-corrected chi connectivity index (χ0v) is 15.6. The molecule has 4 rings (SSSR count). The lowest BCUT2D eigenvalue weighted by Gasteiger charge is -2.26. The summed E-state index contributed by atoms with van der Waals surface area (Å²) in [6, 6.07) is 7.40. The molecule has 1 aromatic carbocycles. The van der Waals surface area contributed by atoms with E-state index in [0.29, 0.717) is 24.3 Å². The predicted octanol–water partition coefficient (Wildman–Crippen LogP) is 3.41. The number of hydrogen-bond acceptors (Lipinski definition) is 4. The summed E-state index contributed by atoms with van der Waals surface area (Å²) in [6.45, 7) is 4.54. The first-order valence-electron chi connectivity index (χ1n) is 9.01. The first kappa shape index (κ1) is 17.1. The molecule has 0 aliphatic carbocycles. The Morgan fingerprint density at radius 1 is 1.12 bits per heavy atom. The number of likely N-dealkylation sites (tertiary alicyclic amines) is 1. The van der Waals surface area contributed by atoms with Crippen LogP contribution in [0.5, 0.6) is 5.75 Å². The van der Waals surface area contributed by atoms with Gasteiger partial charge in [0, 0.05) is 29.6 Å². The quantitative estimate of drug-likeness (QED) is 0.814. The maximum absolute atomic E-state index is 12.9. The van der Waals surface area contributed by atoms with Crippen molar-refractivity contribution in [3.63, 3.8) is 0 Å². The minimum atomic E-state index is -0.0347. The average molecular weight is 370 g/mol. The van der Waals surface area contributed by atoms with Crippen molar-refractivity contribution in [3.05, 3.63) is 51.7 Å². The standard InChI is InChI=1S/C20H22N2O3S/c1-14-12-25-18-5-4-15(19(23)21-7-2-3-8-21)10-17(18)11-22(14)20(24)16-6-9-26-13-16/h4-6,9-10,13-14H,2-3,7-8,11-12H2,1H3/t14-/m0/s1. The number of thiophene rings is 1. The summed E-state index contributed by atoms with van der Waals surface area (Å²) in [5, 5.41) is 3.78. The van der Waals surface area contributed by atoms with Gasteiger partial charge in [0.25, 0.3) is 11.8 Å². The van der Waals surface area contributed by atoms with Crippen molar-refractivity contribution in [1.82, 2.24) is 9.80 Å². The smallest absolute Gasteiger partial charge is 0.255 e. The van der Waals surface area contributed by atoms with E-state index in [1.165, 1.54) is 11.3 Å². The van der Waals surface area contributed by atoms with Crippen molar-refractivity contribution >= 4 is 23.2 Å². The summed E-state index contributed by atoms with van der Waals surface area (Å²) < 4.78 is 5.90. The van der Waals surface area contributed by atoms with Crippen LogP contribution in [0.1, 0.15) is 46.0 Å². The lowest BCUT2D eigenvalue weighted by Crippen LogP contribution is -2.39. The van der Waals surface area contributed by atoms with Gasteiger partial charge in [0.15, 0.2) is 0 Å². The highest BCUT2D eigenvalue weighted by molar-refractivity contribution is 7.08. The second-order valence-corrected chi connectivity index (χ2v) is 7.71. The molecule has 2 aliphatic heterocycles. The number of rotatable bonds is 2. The van der Waals surface area contributed by atoms with Crippen LogP contribution in [0.4, 0.5) is 0 Å². The molecule has 1 atom stereocenters. The molecule has 26 heavy (non-hydrogen) atoms. The van der Waals surface area contributed by atoms with Crippen molar-refractivity contribution in [2.45, 2.75) is 32.4 Å². The molecule has 2 aliphatic rings. The molecule has 0 N–H and O–H groups in total. The van der Waals surface area contributed by atoms with Crippen LogP contribution in [0.3, 0.4) is 0 Å². The van der Waals surface area contributed by atoms with Gasteiger partial charge in [0.1, 0.15) is 12.4 Å². The van der Waals surface area contributed by atoms with Crippen molar-refractivity contribution in [1.29, 1.82) is 0 Å². The zero-order chi connectivity index (χ0) is 18.1. The second kappa shape index (κ2) is 7.11. The largest absolute Gasteiger partial charge is 0.491 e. The van der Waals surface area contributed by atoms with E-state index >= 15 is 0 Å². The van der Waals surface area contributed by atoms with Gasteiger partial charge in [0.05, 0.1) is 18.2 Å². The summed E-state index contributed by atoms with van der Waals surface area (Å²) in [5.74, 6) is 0.834. The van der Waals surface area contributed by atoms with Crippen LogP contribution < -0.4 is 4.74 Å². The van der Waals surface area contributed by atoms with Gasteiger partial charge < -0.3 is 14.5 Å². The van der Waals surface area contributed by atoms with Crippen LogP contribution in [-0.2, 0) is 6.54 Å². The van der Waals surface area contributed by atoms with Gasteiger partial charge in [-0.2, -0.15) is 11.3 Å². The van der Waals surface area contributed by atoms with E-state index in [9.17, 15) is 9.59 Å². The van der Waals surface area contributed by atoms with E-state index < -0.39 is 0 Å². The summed E-state index contributed by atoms with van der Waals surface area (Å²) in [4.78, 5) is 29.3. The van der Waals surface area contributed by atoms with E-state index in [4.69, 9.17) is 4.74 Å². The molecule has 0 saturated carbocycles. The molecule has 1 aromatic heterocycles. The van der Waals surface area contributed by atoms with Crippen LogP contribution in [0.15, 0.2) is 35.0 Å². The number of nitrogens with zero attached hydrogens (tertiary/aromatic N) is 2. The topological polar surface area (TPSA) is 49.9 Å². The third-order valence-corrected chi connectivity index (χ3v) is 5.77. The van der Waals surface area contributed by atoms with Gasteiger partial charge in [-0.05, 0) is 49.4 Å². The second-order valence-electron chi connectivity index (χ2n) is 6.93. The Hall–Kier alpha value is -2.34. The Labute approximate surface area is 157 Å². The molecule has 0 bridgehead atoms. The van der Waals surface area contributed by atoms with Crippen molar-refractivity contribution in [2.75, 3.05) is 19.7 Å². The van der Waals surface area contributed by atoms with Crippen LogP contribution in [0, 0.1) is 0 Å². The Kier molecular flexibility index (Phi) is 4.68. The molecule has 0 unspecified atom stereocenters. The van der Waals surface area contributed by atoms with Gasteiger partial charge in [0.2, 0.25) is 0 Å². The normalized spacial score (nSPS) is 19.7. The molecule has 1 saturated heterocycles. The molecule has 3 heterocycles. The van der Waals surface area contributed by atoms with Gasteiger partial charge in [-0.15, -0.1) is 0 Å². The SMILES string of the molecule is C[C@H]1COc2ccc(C(=O)N3CCCC3)cc2CN1C(=O)c1ccsc1. The number of amides is 2. The van der Waals surface area contributed by atoms with Gasteiger partial charge >= 0.3 is 0 Å². The Balaban J connectivity index is 1.61. The van der Waals surface area contributed by atoms with Crippen LogP contribution in [0.2, 0.25) is 0 Å². The van der Waals surface area contributed by atoms with Crippen LogP contribution in [0.25, 0.3) is 0 Å². The number of carbonyl (C=O) groups is 2. The van der Waals surface area contributed by atoms with Gasteiger partial charge in [-0.3, -0.25) is 9.59 Å². The summed E-state index contributed by atoms with van der Waals surface area (Å²) >= 11 is 1.52. The minimum absolute atomic E-state index is 0.00599. The van der Waals surface area contributed by atoms with Crippen molar-refractivity contribution in [2.24, 2.45) is 0 Å². The molecular formula is C20H22N2O3S. The lowest BCUT2D eigenvalue weighted by molar-refractivity contribution is 0.0646. The van der Waals surface area contributed by atoms with E-state index in [2.05, 4.69) is 0 Å². The van der Waals surface area contributed by atoms with Crippen molar-refractivity contribution < 1.29 is 14.3 Å². The molecular weight excluding hydrogens is 348 g/mol. The number of carbonyl (C=O) groups excluding carboxylic acids is 2. The Morgan fingerprint density at radius 3 is 2.65 bits per heavy atom. The fourth-order valence-corrected chi connectivity index (χ4v) is 4.17. The number of hydrogen-bond donors (Lipinski definition) is 0. The van der Waals surface area contributed by atoms with Crippen LogP contribution >= 0.6 is 11.3 Å². The zero-order valence-electron chi connectivity index (χ0n) is 14.8. The lowest BCUT2D eigenvalue weighted by atomic mass is 10.1.